The van der Waals surface area contributed by atoms with Crippen LogP contribution in [0, 0.1) is 6.92 Å². The van der Waals surface area contributed by atoms with Crippen LogP contribution in [0.2, 0.25) is 0 Å². The summed E-state index contributed by atoms with van der Waals surface area (Å²) in [6.45, 7) is 2.80. The van der Waals surface area contributed by atoms with Crippen molar-refractivity contribution < 1.29 is 37.7 Å². The second-order valence-corrected chi connectivity index (χ2v) is 10.2. The Morgan fingerprint density at radius 1 is 1.00 bits per heavy atom. The van der Waals surface area contributed by atoms with Crippen molar-refractivity contribution in [2.24, 2.45) is 0 Å². The molecule has 2 bridgehead atoms. The number of nitrogens with zero attached hydrogens (tertiary/aromatic N) is 3. The number of benzene rings is 2. The quantitative estimate of drug-likeness (QED) is 0.511. The number of carbonyl (C=O) groups excluding carboxylic acids is 3. The summed E-state index contributed by atoms with van der Waals surface area (Å²) in [7, 11) is 1.57. The minimum absolute atomic E-state index is 0.116. The molecule has 3 aliphatic heterocycles. The number of ether oxygens (including phenoxy) is 4. The number of aromatic nitrogens is 1. The predicted octanol–water partition coefficient (Wildman–Crippen LogP) is 2.37. The van der Waals surface area contributed by atoms with E-state index >= 15 is 0 Å². The standard InChI is InChI=1S/C29H30N4O8/c1-17-27(30-15-39-17)29(36)32-8-3-9-38-24-10-18(4-6-22(24)37-2)20-12-33(13-21(20)31-26(34)14-32)28(35)19-5-7-23-25(11-19)41-16-40-23/h4-7,10-11,15,20-21H,3,8-9,12-14,16H2,1-2H3,(H,31,34)/t20-,21+/m1/s1. The van der Waals surface area contributed by atoms with Gasteiger partial charge in [-0.15, -0.1) is 0 Å². The molecule has 2 atom stereocenters. The fourth-order valence-electron chi connectivity index (χ4n) is 5.48. The van der Waals surface area contributed by atoms with Crippen LogP contribution in [0.1, 0.15) is 44.5 Å². The third-order valence-electron chi connectivity index (χ3n) is 7.59. The SMILES string of the molecule is COc1ccc2cc1OCCCN(C(=O)c1ncoc1C)CC(=O)N[C@H]1CN(C(=O)c3ccc4c(c3)OCO4)C[C@H]21. The number of hydrogen-bond acceptors (Lipinski definition) is 9. The van der Waals surface area contributed by atoms with Gasteiger partial charge in [0, 0.05) is 31.1 Å². The molecule has 0 spiro atoms. The maximum absolute atomic E-state index is 13.6. The second kappa shape index (κ2) is 11.0. The highest BCUT2D eigenvalue weighted by Gasteiger charge is 2.39. The lowest BCUT2D eigenvalue weighted by Gasteiger charge is -2.24. The topological polar surface area (TPSA) is 133 Å². The van der Waals surface area contributed by atoms with Gasteiger partial charge in [0.25, 0.3) is 11.8 Å². The zero-order valence-corrected chi connectivity index (χ0v) is 22.8. The van der Waals surface area contributed by atoms with Crippen LogP contribution in [-0.2, 0) is 4.79 Å². The Hall–Kier alpha value is -4.74. The zero-order chi connectivity index (χ0) is 28.5. The number of methoxy groups -OCH3 is 1. The van der Waals surface area contributed by atoms with Gasteiger partial charge in [-0.05, 0) is 49.2 Å². The maximum Gasteiger partial charge on any atom is 0.276 e. The van der Waals surface area contributed by atoms with Crippen LogP contribution in [0.5, 0.6) is 23.0 Å². The molecule has 1 saturated heterocycles. The number of hydrogen-bond donors (Lipinski definition) is 1. The molecule has 0 unspecified atom stereocenters. The molecule has 0 aliphatic carbocycles. The lowest BCUT2D eigenvalue weighted by atomic mass is 9.94. The van der Waals surface area contributed by atoms with Gasteiger partial charge in [0.15, 0.2) is 35.1 Å². The van der Waals surface area contributed by atoms with Gasteiger partial charge in [-0.25, -0.2) is 4.98 Å². The Morgan fingerprint density at radius 3 is 2.66 bits per heavy atom. The second-order valence-electron chi connectivity index (χ2n) is 10.2. The molecule has 41 heavy (non-hydrogen) atoms. The van der Waals surface area contributed by atoms with E-state index in [0.717, 1.165) is 5.56 Å². The largest absolute Gasteiger partial charge is 0.493 e. The van der Waals surface area contributed by atoms with Crippen LogP contribution >= 0.6 is 0 Å². The lowest BCUT2D eigenvalue weighted by molar-refractivity contribution is -0.122. The molecule has 2 aromatic carbocycles. The molecular weight excluding hydrogens is 532 g/mol. The van der Waals surface area contributed by atoms with Gasteiger partial charge in [-0.3, -0.25) is 14.4 Å². The first-order chi connectivity index (χ1) is 19.9. The Balaban J connectivity index is 1.29. The van der Waals surface area contributed by atoms with Crippen LogP contribution in [0.15, 0.2) is 47.2 Å². The van der Waals surface area contributed by atoms with Crippen molar-refractivity contribution in [1.82, 2.24) is 20.1 Å². The summed E-state index contributed by atoms with van der Waals surface area (Å²) in [6, 6.07) is 10.3. The molecule has 3 aliphatic rings. The van der Waals surface area contributed by atoms with Crippen LogP contribution in [0.25, 0.3) is 0 Å². The van der Waals surface area contributed by atoms with E-state index in [4.69, 9.17) is 23.4 Å². The average Bonchev–Trinajstić information content (AvgIpc) is 3.72. The van der Waals surface area contributed by atoms with E-state index in [1.807, 2.05) is 18.2 Å². The molecule has 6 rings (SSSR count). The normalized spacial score (nSPS) is 20.2. The number of oxazole rings is 1. The molecule has 12 nitrogen and oxygen atoms in total. The highest BCUT2D eigenvalue weighted by Crippen LogP contribution is 2.37. The van der Waals surface area contributed by atoms with E-state index in [2.05, 4.69) is 10.3 Å². The first kappa shape index (κ1) is 26.5. The Kier molecular flexibility index (Phi) is 7.12. The predicted molar refractivity (Wildman–Crippen MR) is 143 cm³/mol. The van der Waals surface area contributed by atoms with Gasteiger partial charge < -0.3 is 38.5 Å². The summed E-state index contributed by atoms with van der Waals surface area (Å²) in [5, 5.41) is 3.09. The minimum Gasteiger partial charge on any atom is -0.493 e. The molecule has 0 radical (unpaired) electrons. The van der Waals surface area contributed by atoms with Gasteiger partial charge in [0.05, 0.1) is 26.3 Å². The number of nitrogens with one attached hydrogen (secondary N) is 1. The average molecular weight is 563 g/mol. The monoisotopic (exact) mass is 562 g/mol. The molecule has 4 heterocycles. The Labute approximate surface area is 236 Å². The first-order valence-corrected chi connectivity index (χ1v) is 13.4. The van der Waals surface area contributed by atoms with Crippen molar-refractivity contribution in [3.63, 3.8) is 0 Å². The number of likely N-dealkylation sites (tertiary alicyclic amines) is 1. The van der Waals surface area contributed by atoms with Crippen molar-refractivity contribution in [3.05, 3.63) is 65.4 Å². The molecule has 1 fully saturated rings. The van der Waals surface area contributed by atoms with E-state index in [0.29, 0.717) is 53.9 Å². The Morgan fingerprint density at radius 2 is 1.85 bits per heavy atom. The van der Waals surface area contributed by atoms with Crippen LogP contribution in [0.3, 0.4) is 0 Å². The minimum atomic E-state index is -0.409. The molecular formula is C29H30N4O8. The van der Waals surface area contributed by atoms with Gasteiger partial charge in [0.1, 0.15) is 5.76 Å². The van der Waals surface area contributed by atoms with Crippen LogP contribution in [-0.4, -0.2) is 85.2 Å². The van der Waals surface area contributed by atoms with Crippen LogP contribution < -0.4 is 24.3 Å². The van der Waals surface area contributed by atoms with Gasteiger partial charge in [0.2, 0.25) is 12.7 Å². The smallest absolute Gasteiger partial charge is 0.276 e. The number of amides is 3. The van der Waals surface area contributed by atoms with Crippen LogP contribution in [0.4, 0.5) is 0 Å². The van der Waals surface area contributed by atoms with Crippen molar-refractivity contribution >= 4 is 17.7 Å². The van der Waals surface area contributed by atoms with Crippen molar-refractivity contribution in [3.8, 4) is 23.0 Å². The number of aryl methyl sites for hydroxylation is 1. The molecule has 1 N–H and O–H groups in total. The zero-order valence-electron chi connectivity index (χ0n) is 22.8. The Bertz CT molecular complexity index is 1490. The van der Waals surface area contributed by atoms with E-state index in [1.165, 1.54) is 11.3 Å². The number of rotatable bonds is 3. The van der Waals surface area contributed by atoms with E-state index < -0.39 is 11.9 Å². The summed E-state index contributed by atoms with van der Waals surface area (Å²) in [4.78, 5) is 47.4. The lowest BCUT2D eigenvalue weighted by Crippen LogP contribution is -2.47. The summed E-state index contributed by atoms with van der Waals surface area (Å²) < 4.78 is 27.6. The molecule has 12 heteroatoms. The molecule has 3 aromatic rings. The highest BCUT2D eigenvalue weighted by molar-refractivity contribution is 5.96. The number of carbonyl (C=O) groups is 3. The molecule has 1 aromatic heterocycles. The molecule has 0 saturated carbocycles. The third-order valence-corrected chi connectivity index (χ3v) is 7.59. The summed E-state index contributed by atoms with van der Waals surface area (Å²) in [5.41, 5.74) is 1.53. The fraction of sp³-hybridized carbons (Fsp3) is 0.379. The van der Waals surface area contributed by atoms with Gasteiger partial charge in [-0.2, -0.15) is 0 Å². The highest BCUT2D eigenvalue weighted by atomic mass is 16.7. The van der Waals surface area contributed by atoms with E-state index in [9.17, 15) is 14.4 Å². The van der Waals surface area contributed by atoms with Gasteiger partial charge in [-0.1, -0.05) is 6.07 Å². The summed E-state index contributed by atoms with van der Waals surface area (Å²) >= 11 is 0. The van der Waals surface area contributed by atoms with Gasteiger partial charge >= 0.3 is 0 Å². The third kappa shape index (κ3) is 5.24. The van der Waals surface area contributed by atoms with E-state index in [1.54, 1.807) is 37.1 Å². The summed E-state index contributed by atoms with van der Waals surface area (Å²) in [6.07, 6.45) is 1.69. The maximum atomic E-state index is 13.6. The van der Waals surface area contributed by atoms with Crippen molar-refractivity contribution in [1.29, 1.82) is 0 Å². The van der Waals surface area contributed by atoms with Crippen molar-refractivity contribution in [2.45, 2.75) is 25.3 Å². The fourth-order valence-corrected chi connectivity index (χ4v) is 5.48. The van der Waals surface area contributed by atoms with Crippen molar-refractivity contribution in [2.75, 3.05) is 46.7 Å². The number of fused-ring (bicyclic) bond motifs is 5. The molecule has 214 valence electrons. The summed E-state index contributed by atoms with van der Waals surface area (Å²) in [5.74, 6) is 1.48. The first-order valence-electron chi connectivity index (χ1n) is 13.4. The molecule has 3 amide bonds. The van der Waals surface area contributed by atoms with E-state index in [-0.39, 0.29) is 49.9 Å².